The number of nitrogens with one attached hydrogen (secondary N) is 2. The van der Waals surface area contributed by atoms with E-state index in [1.807, 2.05) is 39.2 Å². The Labute approximate surface area is 90.0 Å². The standard InChI is InChI=1S/C11H18N2O2/c1-11(2,10(14)15-4)9(12-3)8-6-5-7-13-8/h5-7,9,12-13H,1-4H3. The Morgan fingerprint density at radius 1 is 1.60 bits per heavy atom. The summed E-state index contributed by atoms with van der Waals surface area (Å²) < 4.78 is 4.80. The average molecular weight is 210 g/mol. The summed E-state index contributed by atoms with van der Waals surface area (Å²) in [6, 6.07) is 3.78. The lowest BCUT2D eigenvalue weighted by Gasteiger charge is -2.30. The molecule has 0 bridgehead atoms. The molecule has 0 spiro atoms. The van der Waals surface area contributed by atoms with Gasteiger partial charge in [0.15, 0.2) is 0 Å². The highest BCUT2D eigenvalue weighted by molar-refractivity contribution is 5.77. The molecule has 84 valence electrons. The Morgan fingerprint density at radius 2 is 2.27 bits per heavy atom. The van der Waals surface area contributed by atoms with Crippen LogP contribution in [0.15, 0.2) is 18.3 Å². The number of aromatic nitrogens is 1. The van der Waals surface area contributed by atoms with Gasteiger partial charge in [-0.05, 0) is 33.0 Å². The van der Waals surface area contributed by atoms with Crippen LogP contribution in [0.3, 0.4) is 0 Å². The maximum atomic E-state index is 11.7. The van der Waals surface area contributed by atoms with Crippen LogP contribution in [0.2, 0.25) is 0 Å². The second-order valence-corrected chi connectivity index (χ2v) is 4.06. The fourth-order valence-corrected chi connectivity index (χ4v) is 1.81. The molecule has 1 aromatic rings. The molecule has 4 heteroatoms. The highest BCUT2D eigenvalue weighted by atomic mass is 16.5. The first-order valence-electron chi connectivity index (χ1n) is 4.93. The van der Waals surface area contributed by atoms with Crippen molar-refractivity contribution in [2.45, 2.75) is 19.9 Å². The van der Waals surface area contributed by atoms with Crippen LogP contribution in [0.4, 0.5) is 0 Å². The van der Waals surface area contributed by atoms with Crippen molar-refractivity contribution in [2.75, 3.05) is 14.2 Å². The molecule has 0 fully saturated rings. The summed E-state index contributed by atoms with van der Waals surface area (Å²) in [5.41, 5.74) is 0.377. The third-order valence-electron chi connectivity index (χ3n) is 2.65. The van der Waals surface area contributed by atoms with E-state index in [4.69, 9.17) is 4.74 Å². The number of aromatic amines is 1. The highest BCUT2D eigenvalue weighted by Crippen LogP contribution is 2.33. The smallest absolute Gasteiger partial charge is 0.313 e. The Hall–Kier alpha value is -1.29. The summed E-state index contributed by atoms with van der Waals surface area (Å²) in [5, 5.41) is 3.13. The molecule has 0 aliphatic rings. The van der Waals surface area contributed by atoms with Crippen LogP contribution < -0.4 is 5.32 Å². The van der Waals surface area contributed by atoms with E-state index in [0.717, 1.165) is 5.69 Å². The number of carbonyl (C=O) groups is 1. The van der Waals surface area contributed by atoms with Crippen molar-refractivity contribution < 1.29 is 9.53 Å². The highest BCUT2D eigenvalue weighted by Gasteiger charge is 2.38. The van der Waals surface area contributed by atoms with Crippen molar-refractivity contribution in [3.8, 4) is 0 Å². The van der Waals surface area contributed by atoms with Gasteiger partial charge in [0.1, 0.15) is 0 Å². The first-order chi connectivity index (χ1) is 7.04. The lowest BCUT2D eigenvalue weighted by Crippen LogP contribution is -2.39. The number of hydrogen-bond acceptors (Lipinski definition) is 3. The molecule has 0 saturated carbocycles. The van der Waals surface area contributed by atoms with Gasteiger partial charge in [-0.1, -0.05) is 0 Å². The van der Waals surface area contributed by atoms with Crippen molar-refractivity contribution in [1.82, 2.24) is 10.3 Å². The van der Waals surface area contributed by atoms with Gasteiger partial charge in [-0.15, -0.1) is 0 Å². The molecule has 1 heterocycles. The third kappa shape index (κ3) is 2.21. The molecule has 0 saturated heterocycles. The minimum Gasteiger partial charge on any atom is -0.469 e. The number of esters is 1. The fraction of sp³-hybridized carbons (Fsp3) is 0.545. The van der Waals surface area contributed by atoms with E-state index in [1.165, 1.54) is 7.11 Å². The van der Waals surface area contributed by atoms with E-state index in [9.17, 15) is 4.79 Å². The molecule has 1 unspecified atom stereocenters. The van der Waals surface area contributed by atoms with Gasteiger partial charge in [0.25, 0.3) is 0 Å². The van der Waals surface area contributed by atoms with E-state index < -0.39 is 5.41 Å². The SMILES string of the molecule is CNC(c1ccc[nH]1)C(C)(C)C(=O)OC. The van der Waals surface area contributed by atoms with Crippen LogP contribution >= 0.6 is 0 Å². The molecule has 1 rings (SSSR count). The Morgan fingerprint density at radius 3 is 2.67 bits per heavy atom. The molecular weight excluding hydrogens is 192 g/mol. The monoisotopic (exact) mass is 210 g/mol. The first-order valence-corrected chi connectivity index (χ1v) is 4.93. The van der Waals surface area contributed by atoms with Crippen molar-refractivity contribution in [3.05, 3.63) is 24.0 Å². The quantitative estimate of drug-likeness (QED) is 0.740. The van der Waals surface area contributed by atoms with Gasteiger partial charge in [0.2, 0.25) is 0 Å². The summed E-state index contributed by atoms with van der Waals surface area (Å²) >= 11 is 0. The van der Waals surface area contributed by atoms with Gasteiger partial charge in [-0.2, -0.15) is 0 Å². The zero-order valence-corrected chi connectivity index (χ0v) is 9.63. The number of H-pyrrole nitrogens is 1. The predicted octanol–water partition coefficient (Wildman–Crippen LogP) is 1.47. The molecule has 0 aliphatic heterocycles. The summed E-state index contributed by atoms with van der Waals surface area (Å²) in [6.07, 6.45) is 1.84. The molecule has 0 aromatic carbocycles. The van der Waals surface area contributed by atoms with Crippen molar-refractivity contribution >= 4 is 5.97 Å². The van der Waals surface area contributed by atoms with E-state index in [1.54, 1.807) is 0 Å². The summed E-state index contributed by atoms with van der Waals surface area (Å²) in [5.74, 6) is -0.226. The molecule has 0 amide bonds. The zero-order valence-electron chi connectivity index (χ0n) is 9.63. The molecule has 2 N–H and O–H groups in total. The molecule has 15 heavy (non-hydrogen) atoms. The van der Waals surface area contributed by atoms with Crippen LogP contribution in [-0.4, -0.2) is 25.1 Å². The van der Waals surface area contributed by atoms with Gasteiger partial charge in [-0.3, -0.25) is 4.79 Å². The molecule has 0 aliphatic carbocycles. The largest absolute Gasteiger partial charge is 0.469 e. The molecule has 4 nitrogen and oxygen atoms in total. The van der Waals surface area contributed by atoms with Crippen molar-refractivity contribution in [1.29, 1.82) is 0 Å². The Bertz CT molecular complexity index is 317. The normalized spacial score (nSPS) is 13.6. The Kier molecular flexibility index (Phi) is 3.52. The zero-order chi connectivity index (χ0) is 11.5. The van der Waals surface area contributed by atoms with Gasteiger partial charge in [0.05, 0.1) is 18.6 Å². The van der Waals surface area contributed by atoms with Crippen molar-refractivity contribution in [2.24, 2.45) is 5.41 Å². The molecule has 0 radical (unpaired) electrons. The predicted molar refractivity (Wildman–Crippen MR) is 58.4 cm³/mol. The number of hydrogen-bond donors (Lipinski definition) is 2. The van der Waals surface area contributed by atoms with Gasteiger partial charge >= 0.3 is 5.97 Å². The number of ether oxygens (including phenoxy) is 1. The van der Waals surface area contributed by atoms with Crippen LogP contribution in [0.1, 0.15) is 25.6 Å². The molecule has 1 atom stereocenters. The van der Waals surface area contributed by atoms with E-state index in [2.05, 4.69) is 10.3 Å². The second-order valence-electron chi connectivity index (χ2n) is 4.06. The van der Waals surface area contributed by atoms with E-state index in [0.29, 0.717) is 0 Å². The van der Waals surface area contributed by atoms with Crippen LogP contribution in [0, 0.1) is 5.41 Å². The van der Waals surface area contributed by atoms with Crippen molar-refractivity contribution in [3.63, 3.8) is 0 Å². The second kappa shape index (κ2) is 4.49. The average Bonchev–Trinajstić information content (AvgIpc) is 2.70. The number of methoxy groups -OCH3 is 1. The topological polar surface area (TPSA) is 54.1 Å². The number of carbonyl (C=O) groups excluding carboxylic acids is 1. The third-order valence-corrected chi connectivity index (χ3v) is 2.65. The first kappa shape index (κ1) is 11.8. The lowest BCUT2D eigenvalue weighted by atomic mass is 9.82. The Balaban J connectivity index is 2.97. The van der Waals surface area contributed by atoms with Crippen LogP contribution in [-0.2, 0) is 9.53 Å². The minimum atomic E-state index is -0.603. The maximum absolute atomic E-state index is 11.7. The summed E-state index contributed by atoms with van der Waals surface area (Å²) in [7, 11) is 3.24. The van der Waals surface area contributed by atoms with Crippen LogP contribution in [0.25, 0.3) is 0 Å². The molecule has 1 aromatic heterocycles. The number of rotatable bonds is 4. The minimum absolute atomic E-state index is 0.0834. The lowest BCUT2D eigenvalue weighted by molar-refractivity contribution is -0.152. The summed E-state index contributed by atoms with van der Waals surface area (Å²) in [4.78, 5) is 14.8. The maximum Gasteiger partial charge on any atom is 0.313 e. The van der Waals surface area contributed by atoms with E-state index >= 15 is 0 Å². The van der Waals surface area contributed by atoms with E-state index in [-0.39, 0.29) is 12.0 Å². The van der Waals surface area contributed by atoms with Gasteiger partial charge < -0.3 is 15.0 Å². The molecular formula is C11H18N2O2. The van der Waals surface area contributed by atoms with Crippen LogP contribution in [0.5, 0.6) is 0 Å². The fourth-order valence-electron chi connectivity index (χ4n) is 1.81. The summed E-state index contributed by atoms with van der Waals surface area (Å²) in [6.45, 7) is 3.72. The van der Waals surface area contributed by atoms with Gasteiger partial charge in [0, 0.05) is 11.9 Å². The van der Waals surface area contributed by atoms with Gasteiger partial charge in [-0.25, -0.2) is 0 Å².